The molecule has 1 atom stereocenters. The van der Waals surface area contributed by atoms with Gasteiger partial charge in [-0.2, -0.15) is 0 Å². The summed E-state index contributed by atoms with van der Waals surface area (Å²) >= 11 is 0. The molecule has 0 saturated heterocycles. The molecule has 0 amide bonds. The van der Waals surface area contributed by atoms with Gasteiger partial charge in [0.15, 0.2) is 23.3 Å². The van der Waals surface area contributed by atoms with Crippen LogP contribution in [0, 0.1) is 34.9 Å². The van der Waals surface area contributed by atoms with E-state index in [9.17, 15) is 26.3 Å². The third-order valence-corrected chi connectivity index (χ3v) is 2.88. The lowest BCUT2D eigenvalue weighted by Crippen LogP contribution is -2.31. The van der Waals surface area contributed by atoms with Gasteiger partial charge in [-0.25, -0.2) is 31.8 Å². The monoisotopic (exact) mass is 306 g/mol. The van der Waals surface area contributed by atoms with E-state index >= 15 is 0 Å². The first-order valence-electron chi connectivity index (χ1n) is 5.61. The minimum Gasteiger partial charge on any atom is -0.271 e. The SMILES string of the molecule is NNC(c1cccc(F)c1)c1c(F)c(F)c(F)c(F)c1F. The standard InChI is InChI=1S/C13H8F6N2/c14-6-3-1-2-5(4-6)13(21-20)7-8(15)10(17)12(19)11(18)9(7)16/h1-4,13,21H,20H2. The Kier molecular flexibility index (Phi) is 4.19. The highest BCUT2D eigenvalue weighted by Crippen LogP contribution is 2.31. The van der Waals surface area contributed by atoms with E-state index in [4.69, 9.17) is 5.84 Å². The molecule has 0 radical (unpaired) electrons. The molecule has 8 heteroatoms. The third-order valence-electron chi connectivity index (χ3n) is 2.88. The van der Waals surface area contributed by atoms with Crippen molar-refractivity contribution in [2.24, 2.45) is 5.84 Å². The average molecular weight is 306 g/mol. The maximum Gasteiger partial charge on any atom is 0.200 e. The molecule has 21 heavy (non-hydrogen) atoms. The predicted octanol–water partition coefficient (Wildman–Crippen LogP) is 3.07. The zero-order valence-electron chi connectivity index (χ0n) is 10.2. The van der Waals surface area contributed by atoms with Gasteiger partial charge in [-0.1, -0.05) is 12.1 Å². The molecular formula is C13H8F6N2. The lowest BCUT2D eigenvalue weighted by molar-refractivity contribution is 0.362. The van der Waals surface area contributed by atoms with Crippen LogP contribution in [-0.4, -0.2) is 0 Å². The number of nitrogens with two attached hydrogens (primary N) is 1. The predicted molar refractivity (Wildman–Crippen MR) is 61.8 cm³/mol. The van der Waals surface area contributed by atoms with Gasteiger partial charge in [-0.15, -0.1) is 0 Å². The average Bonchev–Trinajstić information content (AvgIpc) is 2.47. The fourth-order valence-corrected chi connectivity index (χ4v) is 1.91. The third kappa shape index (κ3) is 2.59. The van der Waals surface area contributed by atoms with Crippen LogP contribution in [0.5, 0.6) is 0 Å². The van der Waals surface area contributed by atoms with E-state index in [2.05, 4.69) is 0 Å². The summed E-state index contributed by atoms with van der Waals surface area (Å²) < 4.78 is 79.9. The van der Waals surface area contributed by atoms with Crippen LogP contribution in [-0.2, 0) is 0 Å². The number of hydrogen-bond acceptors (Lipinski definition) is 2. The van der Waals surface area contributed by atoms with Crippen LogP contribution in [0.3, 0.4) is 0 Å². The summed E-state index contributed by atoms with van der Waals surface area (Å²) in [4.78, 5) is 0. The second-order valence-corrected chi connectivity index (χ2v) is 4.14. The lowest BCUT2D eigenvalue weighted by Gasteiger charge is -2.19. The molecule has 2 rings (SSSR count). The van der Waals surface area contributed by atoms with Crippen molar-refractivity contribution in [3.05, 3.63) is 70.3 Å². The Morgan fingerprint density at radius 2 is 1.33 bits per heavy atom. The Hall–Kier alpha value is -2.06. The van der Waals surface area contributed by atoms with Gasteiger partial charge in [-0.05, 0) is 17.7 Å². The minimum atomic E-state index is -2.27. The van der Waals surface area contributed by atoms with E-state index in [0.717, 1.165) is 12.1 Å². The van der Waals surface area contributed by atoms with Crippen LogP contribution in [0.15, 0.2) is 24.3 Å². The molecule has 3 N–H and O–H groups in total. The van der Waals surface area contributed by atoms with Crippen molar-refractivity contribution in [1.82, 2.24) is 5.43 Å². The molecule has 0 aliphatic carbocycles. The van der Waals surface area contributed by atoms with E-state index in [1.165, 1.54) is 12.1 Å². The number of hydrazine groups is 1. The fourth-order valence-electron chi connectivity index (χ4n) is 1.91. The van der Waals surface area contributed by atoms with Gasteiger partial charge in [-0.3, -0.25) is 5.84 Å². The number of halogens is 6. The summed E-state index contributed by atoms with van der Waals surface area (Å²) in [6, 6.07) is 2.75. The first-order chi connectivity index (χ1) is 9.88. The second kappa shape index (κ2) is 5.74. The Morgan fingerprint density at radius 3 is 1.81 bits per heavy atom. The Labute approximate surface area is 115 Å². The molecule has 0 bridgehead atoms. The normalized spacial score (nSPS) is 12.5. The van der Waals surface area contributed by atoms with Crippen LogP contribution < -0.4 is 11.3 Å². The molecule has 2 aromatic rings. The molecule has 0 aliphatic rings. The molecular weight excluding hydrogens is 298 g/mol. The second-order valence-electron chi connectivity index (χ2n) is 4.14. The van der Waals surface area contributed by atoms with Crippen molar-refractivity contribution in [2.45, 2.75) is 6.04 Å². The van der Waals surface area contributed by atoms with Crippen molar-refractivity contribution in [3.63, 3.8) is 0 Å². The van der Waals surface area contributed by atoms with Crippen molar-refractivity contribution in [2.75, 3.05) is 0 Å². The smallest absolute Gasteiger partial charge is 0.200 e. The maximum absolute atomic E-state index is 13.7. The molecule has 112 valence electrons. The molecule has 2 nitrogen and oxygen atoms in total. The van der Waals surface area contributed by atoms with E-state index in [-0.39, 0.29) is 5.56 Å². The summed E-state index contributed by atoms with van der Waals surface area (Å²) in [6.07, 6.45) is 0. The van der Waals surface area contributed by atoms with Crippen molar-refractivity contribution in [3.8, 4) is 0 Å². The number of benzene rings is 2. The van der Waals surface area contributed by atoms with E-state index < -0.39 is 46.5 Å². The Balaban J connectivity index is 2.69. The first kappa shape index (κ1) is 15.3. The fraction of sp³-hybridized carbons (Fsp3) is 0.0769. The van der Waals surface area contributed by atoms with E-state index in [0.29, 0.717) is 0 Å². The molecule has 1 unspecified atom stereocenters. The molecule has 0 spiro atoms. The Morgan fingerprint density at radius 1 is 0.810 bits per heavy atom. The molecule has 0 saturated carbocycles. The van der Waals surface area contributed by atoms with Gasteiger partial charge in [0.25, 0.3) is 0 Å². The van der Waals surface area contributed by atoms with Gasteiger partial charge in [0.1, 0.15) is 5.82 Å². The van der Waals surface area contributed by atoms with Crippen molar-refractivity contribution >= 4 is 0 Å². The quantitative estimate of drug-likeness (QED) is 0.301. The van der Waals surface area contributed by atoms with Gasteiger partial charge >= 0.3 is 0 Å². The van der Waals surface area contributed by atoms with E-state index in [1.54, 1.807) is 0 Å². The van der Waals surface area contributed by atoms with Crippen molar-refractivity contribution in [1.29, 1.82) is 0 Å². The summed E-state index contributed by atoms with van der Waals surface area (Å²) in [6.45, 7) is 0. The van der Waals surface area contributed by atoms with Crippen LogP contribution >= 0.6 is 0 Å². The molecule has 0 aromatic heterocycles. The summed E-state index contributed by atoms with van der Waals surface area (Å²) in [5.74, 6) is -6.16. The van der Waals surface area contributed by atoms with Crippen LogP contribution in [0.1, 0.15) is 17.2 Å². The minimum absolute atomic E-state index is 0.0966. The van der Waals surface area contributed by atoms with Crippen LogP contribution in [0.4, 0.5) is 26.3 Å². The maximum atomic E-state index is 13.7. The number of hydrogen-bond donors (Lipinski definition) is 2. The van der Waals surface area contributed by atoms with E-state index in [1.807, 2.05) is 5.43 Å². The highest BCUT2D eigenvalue weighted by atomic mass is 19.2. The summed E-state index contributed by atoms with van der Waals surface area (Å²) in [5.41, 5.74) is 0.637. The topological polar surface area (TPSA) is 38.0 Å². The highest BCUT2D eigenvalue weighted by Gasteiger charge is 2.30. The Bertz CT molecular complexity index is 660. The first-order valence-corrected chi connectivity index (χ1v) is 5.61. The molecule has 0 aliphatic heterocycles. The molecule has 0 heterocycles. The van der Waals surface area contributed by atoms with Crippen molar-refractivity contribution < 1.29 is 26.3 Å². The van der Waals surface area contributed by atoms with Gasteiger partial charge in [0.05, 0.1) is 11.6 Å². The summed E-state index contributed by atoms with van der Waals surface area (Å²) in [7, 11) is 0. The van der Waals surface area contributed by atoms with Crippen LogP contribution in [0.25, 0.3) is 0 Å². The van der Waals surface area contributed by atoms with Gasteiger partial charge < -0.3 is 0 Å². The zero-order valence-corrected chi connectivity index (χ0v) is 10.2. The van der Waals surface area contributed by atoms with Crippen LogP contribution in [0.2, 0.25) is 0 Å². The molecule has 0 fully saturated rings. The summed E-state index contributed by atoms with van der Waals surface area (Å²) in [5, 5.41) is 0. The van der Waals surface area contributed by atoms with Gasteiger partial charge in [0, 0.05) is 0 Å². The molecule has 2 aromatic carbocycles. The highest BCUT2D eigenvalue weighted by molar-refractivity contribution is 5.35. The van der Waals surface area contributed by atoms with Gasteiger partial charge in [0.2, 0.25) is 5.82 Å². The number of nitrogens with one attached hydrogen (secondary N) is 1. The number of rotatable bonds is 3. The largest absolute Gasteiger partial charge is 0.271 e. The zero-order chi connectivity index (χ0) is 15.7. The lowest BCUT2D eigenvalue weighted by atomic mass is 9.97.